The molecule has 1 N–H and O–H groups in total. The second-order valence-electron chi connectivity index (χ2n) is 3.44. The van der Waals surface area contributed by atoms with Crippen LogP contribution in [-0.2, 0) is 16.1 Å². The van der Waals surface area contributed by atoms with E-state index >= 15 is 0 Å². The second-order valence-corrected chi connectivity index (χ2v) is 3.44. The predicted molar refractivity (Wildman–Crippen MR) is 59.6 cm³/mol. The summed E-state index contributed by atoms with van der Waals surface area (Å²) in [4.78, 5) is 10.6. The van der Waals surface area contributed by atoms with Gasteiger partial charge in [-0.25, -0.2) is 4.79 Å². The summed E-state index contributed by atoms with van der Waals surface area (Å²) in [6.07, 6.45) is -0.864. The highest BCUT2D eigenvalue weighted by atomic mass is 16.5. The molecule has 1 aromatic rings. The molecule has 0 spiro atoms. The molecular weight excluding hydrogens is 222 g/mol. The third-order valence-electron chi connectivity index (χ3n) is 2.23. The highest BCUT2D eigenvalue weighted by Crippen LogP contribution is 2.19. The molecule has 0 bridgehead atoms. The van der Waals surface area contributed by atoms with Gasteiger partial charge in [0.15, 0.2) is 6.10 Å². The molecule has 0 saturated heterocycles. The number of benzene rings is 1. The molecule has 17 heavy (non-hydrogen) atoms. The Bertz CT molecular complexity index is 450. The number of ether oxygens (including phenoxy) is 2. The predicted octanol–water partition coefficient (Wildman–Crippen LogP) is 1.56. The number of carbonyl (C=O) groups is 1. The Labute approximate surface area is 99.2 Å². The zero-order chi connectivity index (χ0) is 12.8. The summed E-state index contributed by atoms with van der Waals surface area (Å²) in [5, 5.41) is 17.4. The number of hydrogen-bond donors (Lipinski definition) is 1. The van der Waals surface area contributed by atoms with Crippen molar-refractivity contribution in [3.05, 3.63) is 29.3 Å². The quantitative estimate of drug-likeness (QED) is 0.837. The van der Waals surface area contributed by atoms with Crippen molar-refractivity contribution >= 4 is 5.97 Å². The summed E-state index contributed by atoms with van der Waals surface area (Å²) >= 11 is 0. The van der Waals surface area contributed by atoms with E-state index in [9.17, 15) is 4.79 Å². The van der Waals surface area contributed by atoms with Gasteiger partial charge in [0.25, 0.3) is 0 Å². The fourth-order valence-electron chi connectivity index (χ4n) is 1.21. The monoisotopic (exact) mass is 235 g/mol. The number of rotatable bonds is 5. The lowest BCUT2D eigenvalue weighted by atomic mass is 10.1. The summed E-state index contributed by atoms with van der Waals surface area (Å²) in [7, 11) is 1.47. The lowest BCUT2D eigenvalue weighted by molar-refractivity contribution is -0.149. The zero-order valence-corrected chi connectivity index (χ0v) is 9.64. The second kappa shape index (κ2) is 5.87. The Morgan fingerprint density at radius 3 is 2.82 bits per heavy atom. The minimum Gasteiger partial charge on any atom is -0.495 e. The first-order valence-electron chi connectivity index (χ1n) is 5.00. The van der Waals surface area contributed by atoms with E-state index in [1.54, 1.807) is 18.2 Å². The van der Waals surface area contributed by atoms with Crippen molar-refractivity contribution in [3.63, 3.8) is 0 Å². The number of nitrogens with zero attached hydrogens (tertiary/aromatic N) is 1. The molecule has 1 unspecified atom stereocenters. The van der Waals surface area contributed by atoms with Gasteiger partial charge in [-0.1, -0.05) is 6.07 Å². The van der Waals surface area contributed by atoms with Gasteiger partial charge < -0.3 is 14.6 Å². The summed E-state index contributed by atoms with van der Waals surface area (Å²) in [5.41, 5.74) is 1.19. The Kier molecular flexibility index (Phi) is 4.49. The molecule has 1 rings (SSSR count). The van der Waals surface area contributed by atoms with Crippen LogP contribution in [-0.4, -0.2) is 24.3 Å². The first-order chi connectivity index (χ1) is 8.08. The molecule has 0 aliphatic carbocycles. The minimum atomic E-state index is -1.01. The molecule has 0 saturated carbocycles. The van der Waals surface area contributed by atoms with Gasteiger partial charge in [-0.2, -0.15) is 5.26 Å². The third-order valence-corrected chi connectivity index (χ3v) is 2.23. The van der Waals surface area contributed by atoms with Crippen molar-refractivity contribution in [3.8, 4) is 11.8 Å². The van der Waals surface area contributed by atoms with Crippen molar-refractivity contribution < 1.29 is 19.4 Å². The average Bonchev–Trinajstić information content (AvgIpc) is 2.35. The Morgan fingerprint density at radius 1 is 1.59 bits per heavy atom. The smallest absolute Gasteiger partial charge is 0.332 e. The molecule has 0 aromatic heterocycles. The molecule has 0 aliphatic rings. The molecule has 1 atom stereocenters. The van der Waals surface area contributed by atoms with Gasteiger partial charge in [0.2, 0.25) is 0 Å². The molecule has 0 amide bonds. The first-order valence-corrected chi connectivity index (χ1v) is 5.00. The van der Waals surface area contributed by atoms with Gasteiger partial charge in [-0.3, -0.25) is 0 Å². The molecule has 90 valence electrons. The molecule has 5 heteroatoms. The van der Waals surface area contributed by atoms with E-state index in [2.05, 4.69) is 0 Å². The third kappa shape index (κ3) is 3.47. The van der Waals surface area contributed by atoms with Gasteiger partial charge in [0.1, 0.15) is 11.8 Å². The first kappa shape index (κ1) is 13.0. The van der Waals surface area contributed by atoms with E-state index in [1.807, 2.05) is 6.07 Å². The standard InChI is InChI=1S/C12H13NO4/c1-8(12(14)15)17-7-9-3-4-10(6-13)11(5-9)16-2/h3-5,8H,7H2,1-2H3,(H,14,15). The van der Waals surface area contributed by atoms with E-state index in [0.29, 0.717) is 11.3 Å². The number of nitriles is 1. The van der Waals surface area contributed by atoms with Crippen LogP contribution in [0.3, 0.4) is 0 Å². The van der Waals surface area contributed by atoms with E-state index in [4.69, 9.17) is 19.8 Å². The topological polar surface area (TPSA) is 79.6 Å². The van der Waals surface area contributed by atoms with Crippen LogP contribution >= 0.6 is 0 Å². The summed E-state index contributed by atoms with van der Waals surface area (Å²) < 4.78 is 10.2. The van der Waals surface area contributed by atoms with E-state index in [0.717, 1.165) is 5.56 Å². The maximum absolute atomic E-state index is 10.6. The number of aliphatic carboxylic acids is 1. The lowest BCUT2D eigenvalue weighted by Crippen LogP contribution is -2.19. The number of methoxy groups -OCH3 is 1. The van der Waals surface area contributed by atoms with Crippen LogP contribution in [0.1, 0.15) is 18.1 Å². The summed E-state index contributed by atoms with van der Waals surface area (Å²) in [6.45, 7) is 1.62. The molecule has 0 fully saturated rings. The Balaban J connectivity index is 2.74. The maximum Gasteiger partial charge on any atom is 0.332 e. The van der Waals surface area contributed by atoms with Crippen LogP contribution in [0.25, 0.3) is 0 Å². The van der Waals surface area contributed by atoms with Crippen LogP contribution in [0.4, 0.5) is 0 Å². The fourth-order valence-corrected chi connectivity index (χ4v) is 1.21. The number of hydrogen-bond acceptors (Lipinski definition) is 4. The average molecular weight is 235 g/mol. The van der Waals surface area contributed by atoms with Crippen molar-refractivity contribution in [2.75, 3.05) is 7.11 Å². The van der Waals surface area contributed by atoms with Crippen LogP contribution in [0.15, 0.2) is 18.2 Å². The lowest BCUT2D eigenvalue weighted by Gasteiger charge is -2.10. The maximum atomic E-state index is 10.6. The van der Waals surface area contributed by atoms with Crippen LogP contribution in [0.2, 0.25) is 0 Å². The SMILES string of the molecule is COc1cc(COC(C)C(=O)O)ccc1C#N. The Hall–Kier alpha value is -2.06. The van der Waals surface area contributed by atoms with E-state index < -0.39 is 12.1 Å². The molecule has 0 radical (unpaired) electrons. The highest BCUT2D eigenvalue weighted by Gasteiger charge is 2.11. The molecule has 5 nitrogen and oxygen atoms in total. The van der Waals surface area contributed by atoms with Gasteiger partial charge in [-0.15, -0.1) is 0 Å². The van der Waals surface area contributed by atoms with Crippen molar-refractivity contribution in [2.24, 2.45) is 0 Å². The minimum absolute atomic E-state index is 0.162. The molecule has 1 aromatic carbocycles. The van der Waals surface area contributed by atoms with Crippen LogP contribution in [0.5, 0.6) is 5.75 Å². The number of carboxylic acid groups (broad SMARTS) is 1. The summed E-state index contributed by atoms with van der Waals surface area (Å²) in [5.74, 6) is -0.554. The number of carboxylic acids is 1. The van der Waals surface area contributed by atoms with E-state index in [1.165, 1.54) is 14.0 Å². The summed E-state index contributed by atoms with van der Waals surface area (Å²) in [6, 6.07) is 6.97. The van der Waals surface area contributed by atoms with Crippen LogP contribution in [0, 0.1) is 11.3 Å². The largest absolute Gasteiger partial charge is 0.495 e. The van der Waals surface area contributed by atoms with E-state index in [-0.39, 0.29) is 6.61 Å². The Morgan fingerprint density at radius 2 is 2.29 bits per heavy atom. The molecule has 0 heterocycles. The normalized spacial score (nSPS) is 11.6. The fraction of sp³-hybridized carbons (Fsp3) is 0.333. The van der Waals surface area contributed by atoms with Crippen molar-refractivity contribution in [2.45, 2.75) is 19.6 Å². The molecular formula is C12H13NO4. The van der Waals surface area contributed by atoms with Crippen molar-refractivity contribution in [1.82, 2.24) is 0 Å². The van der Waals surface area contributed by atoms with Crippen LogP contribution < -0.4 is 4.74 Å². The highest BCUT2D eigenvalue weighted by molar-refractivity contribution is 5.71. The van der Waals surface area contributed by atoms with Gasteiger partial charge in [0.05, 0.1) is 19.3 Å². The van der Waals surface area contributed by atoms with Gasteiger partial charge in [-0.05, 0) is 24.6 Å². The molecule has 0 aliphatic heterocycles. The van der Waals surface area contributed by atoms with Gasteiger partial charge in [0, 0.05) is 0 Å². The zero-order valence-electron chi connectivity index (χ0n) is 9.64. The van der Waals surface area contributed by atoms with Gasteiger partial charge >= 0.3 is 5.97 Å². The van der Waals surface area contributed by atoms with Crippen molar-refractivity contribution in [1.29, 1.82) is 5.26 Å².